The van der Waals surface area contributed by atoms with Gasteiger partial charge >= 0.3 is 0 Å². The molecule has 2 fully saturated rings. The van der Waals surface area contributed by atoms with Crippen LogP contribution in [0.25, 0.3) is 0 Å². The van der Waals surface area contributed by atoms with Gasteiger partial charge in [0.25, 0.3) is 0 Å². The summed E-state index contributed by atoms with van der Waals surface area (Å²) in [6.07, 6.45) is 6.46. The number of hydrogen-bond donors (Lipinski definition) is 1. The van der Waals surface area contributed by atoms with Crippen LogP contribution in [0.3, 0.4) is 0 Å². The Morgan fingerprint density at radius 3 is 3.05 bits per heavy atom. The van der Waals surface area contributed by atoms with Crippen molar-refractivity contribution in [2.45, 2.75) is 52.0 Å². The molecule has 22 heavy (non-hydrogen) atoms. The number of likely N-dealkylation sites (tertiary alicyclic amines) is 1. The van der Waals surface area contributed by atoms with Gasteiger partial charge in [0.15, 0.2) is 5.82 Å². The van der Waals surface area contributed by atoms with Crippen molar-refractivity contribution in [1.29, 1.82) is 0 Å². The monoisotopic (exact) mass is 306 g/mol. The number of aromatic nitrogens is 2. The second kappa shape index (κ2) is 7.22. The van der Waals surface area contributed by atoms with Crippen LogP contribution in [0.1, 0.15) is 50.7 Å². The zero-order chi connectivity index (χ0) is 15.4. The van der Waals surface area contributed by atoms with Crippen LogP contribution in [-0.2, 0) is 17.8 Å². The highest BCUT2D eigenvalue weighted by atomic mass is 16.5. The van der Waals surface area contributed by atoms with E-state index in [2.05, 4.69) is 27.3 Å². The average Bonchev–Trinajstić information content (AvgIpc) is 3.26. The molecular weight excluding hydrogens is 280 g/mol. The highest BCUT2D eigenvalue weighted by molar-refractivity contribution is 5.79. The Hall–Kier alpha value is -1.43. The lowest BCUT2D eigenvalue weighted by molar-refractivity contribution is -0.126. The minimum atomic E-state index is 0.102. The molecule has 1 atom stereocenters. The van der Waals surface area contributed by atoms with E-state index in [0.29, 0.717) is 12.4 Å². The number of aryl methyl sites for hydroxylation is 1. The van der Waals surface area contributed by atoms with Gasteiger partial charge in [0, 0.05) is 19.5 Å². The summed E-state index contributed by atoms with van der Waals surface area (Å²) in [4.78, 5) is 18.9. The Balaban J connectivity index is 1.47. The molecule has 1 amide bonds. The summed E-state index contributed by atoms with van der Waals surface area (Å²) >= 11 is 0. The van der Waals surface area contributed by atoms with Crippen LogP contribution < -0.4 is 5.32 Å². The molecule has 2 aliphatic rings. The number of rotatable bonds is 7. The third kappa shape index (κ3) is 4.29. The predicted molar refractivity (Wildman–Crippen MR) is 82.0 cm³/mol. The van der Waals surface area contributed by atoms with Crippen molar-refractivity contribution in [3.8, 4) is 0 Å². The number of nitrogens with one attached hydrogen (secondary N) is 1. The van der Waals surface area contributed by atoms with Crippen molar-refractivity contribution in [3.05, 3.63) is 11.7 Å². The van der Waals surface area contributed by atoms with Crippen LogP contribution in [0, 0.1) is 11.8 Å². The Bertz CT molecular complexity index is 498. The van der Waals surface area contributed by atoms with Crippen molar-refractivity contribution < 1.29 is 9.32 Å². The lowest BCUT2D eigenvalue weighted by atomic mass is 9.97. The Morgan fingerprint density at radius 2 is 2.27 bits per heavy atom. The van der Waals surface area contributed by atoms with Gasteiger partial charge in [-0.25, -0.2) is 0 Å². The number of nitrogens with zero attached hydrogens (tertiary/aromatic N) is 3. The van der Waals surface area contributed by atoms with Crippen LogP contribution in [-0.4, -0.2) is 40.6 Å². The molecule has 1 saturated carbocycles. The standard InChI is InChI=1S/C16H26N4O2/c1-2-4-14-18-15(22-19-14)11-20-8-3-5-13(10-20)16(21)17-9-12-6-7-12/h12-13H,2-11H2,1H3,(H,17,21)/t13-/m0/s1. The van der Waals surface area contributed by atoms with E-state index in [1.54, 1.807) is 0 Å². The maximum absolute atomic E-state index is 12.2. The third-order valence-corrected chi connectivity index (χ3v) is 4.48. The van der Waals surface area contributed by atoms with Crippen molar-refractivity contribution in [1.82, 2.24) is 20.4 Å². The summed E-state index contributed by atoms with van der Waals surface area (Å²) in [7, 11) is 0. The van der Waals surface area contributed by atoms with Crippen molar-refractivity contribution in [3.63, 3.8) is 0 Å². The smallest absolute Gasteiger partial charge is 0.240 e. The predicted octanol–water partition coefficient (Wildman–Crippen LogP) is 1.76. The summed E-state index contributed by atoms with van der Waals surface area (Å²) < 4.78 is 5.30. The lowest BCUT2D eigenvalue weighted by Crippen LogP contribution is -2.43. The molecule has 6 heteroatoms. The molecule has 1 aliphatic heterocycles. The van der Waals surface area contributed by atoms with Crippen LogP contribution in [0.2, 0.25) is 0 Å². The quantitative estimate of drug-likeness (QED) is 0.831. The van der Waals surface area contributed by atoms with E-state index in [0.717, 1.165) is 57.1 Å². The van der Waals surface area contributed by atoms with Crippen molar-refractivity contribution in [2.75, 3.05) is 19.6 Å². The molecule has 0 aromatic carbocycles. The molecule has 1 aromatic heterocycles. The normalized spacial score (nSPS) is 22.7. The number of piperidine rings is 1. The fourth-order valence-corrected chi connectivity index (χ4v) is 3.00. The lowest BCUT2D eigenvalue weighted by Gasteiger charge is -2.30. The minimum absolute atomic E-state index is 0.102. The maximum atomic E-state index is 12.2. The van der Waals surface area contributed by atoms with Gasteiger partial charge in [-0.15, -0.1) is 0 Å². The summed E-state index contributed by atoms with van der Waals surface area (Å²) in [5, 5.41) is 7.09. The van der Waals surface area contributed by atoms with Gasteiger partial charge in [0.05, 0.1) is 12.5 Å². The third-order valence-electron chi connectivity index (χ3n) is 4.48. The first-order chi connectivity index (χ1) is 10.7. The summed E-state index contributed by atoms with van der Waals surface area (Å²) in [5.41, 5.74) is 0. The van der Waals surface area contributed by atoms with E-state index in [1.807, 2.05) is 0 Å². The van der Waals surface area contributed by atoms with Crippen LogP contribution in [0.4, 0.5) is 0 Å². The minimum Gasteiger partial charge on any atom is -0.356 e. The number of amides is 1. The van der Waals surface area contributed by atoms with Crippen LogP contribution in [0.15, 0.2) is 4.52 Å². The van der Waals surface area contributed by atoms with E-state index in [1.165, 1.54) is 12.8 Å². The van der Waals surface area contributed by atoms with E-state index in [-0.39, 0.29) is 11.8 Å². The largest absolute Gasteiger partial charge is 0.356 e. The number of hydrogen-bond acceptors (Lipinski definition) is 5. The molecule has 0 unspecified atom stereocenters. The second-order valence-electron chi connectivity index (χ2n) is 6.62. The number of carbonyl (C=O) groups is 1. The Kier molecular flexibility index (Phi) is 5.08. The van der Waals surface area contributed by atoms with Gasteiger partial charge in [-0.1, -0.05) is 12.1 Å². The molecule has 0 bridgehead atoms. The fraction of sp³-hybridized carbons (Fsp3) is 0.812. The van der Waals surface area contributed by atoms with Gasteiger partial charge in [-0.3, -0.25) is 9.69 Å². The van der Waals surface area contributed by atoms with Gasteiger partial charge in [0.2, 0.25) is 11.8 Å². The number of carbonyl (C=O) groups excluding carboxylic acids is 1. The average molecular weight is 306 g/mol. The molecule has 1 N–H and O–H groups in total. The molecule has 0 spiro atoms. The molecular formula is C16H26N4O2. The summed E-state index contributed by atoms with van der Waals surface area (Å²) in [5.74, 6) is 2.51. The van der Waals surface area contributed by atoms with Crippen molar-refractivity contribution in [2.24, 2.45) is 11.8 Å². The molecule has 1 aromatic rings. The van der Waals surface area contributed by atoms with Gasteiger partial charge < -0.3 is 9.84 Å². The van der Waals surface area contributed by atoms with Crippen molar-refractivity contribution >= 4 is 5.91 Å². The van der Waals surface area contributed by atoms with Crippen LogP contribution in [0.5, 0.6) is 0 Å². The molecule has 1 saturated heterocycles. The highest BCUT2D eigenvalue weighted by Crippen LogP contribution is 2.28. The molecule has 122 valence electrons. The molecule has 0 radical (unpaired) electrons. The van der Waals surface area contributed by atoms with Crippen LogP contribution >= 0.6 is 0 Å². The van der Waals surface area contributed by atoms with E-state index in [4.69, 9.17) is 4.52 Å². The zero-order valence-electron chi connectivity index (χ0n) is 13.4. The Morgan fingerprint density at radius 1 is 1.41 bits per heavy atom. The van der Waals surface area contributed by atoms with E-state index >= 15 is 0 Å². The first-order valence-corrected chi connectivity index (χ1v) is 8.56. The first-order valence-electron chi connectivity index (χ1n) is 8.56. The topological polar surface area (TPSA) is 71.3 Å². The molecule has 3 rings (SSSR count). The van der Waals surface area contributed by atoms with Gasteiger partial charge in [0.1, 0.15) is 0 Å². The highest BCUT2D eigenvalue weighted by Gasteiger charge is 2.28. The zero-order valence-corrected chi connectivity index (χ0v) is 13.4. The SMILES string of the molecule is CCCc1noc(CN2CCC[C@H](C(=O)NCC3CC3)C2)n1. The van der Waals surface area contributed by atoms with E-state index in [9.17, 15) is 4.79 Å². The first kappa shape index (κ1) is 15.5. The molecule has 6 nitrogen and oxygen atoms in total. The van der Waals surface area contributed by atoms with E-state index < -0.39 is 0 Å². The summed E-state index contributed by atoms with van der Waals surface area (Å²) in [6, 6.07) is 0. The summed E-state index contributed by atoms with van der Waals surface area (Å²) in [6.45, 7) is 5.41. The fourth-order valence-electron chi connectivity index (χ4n) is 3.00. The maximum Gasteiger partial charge on any atom is 0.240 e. The Labute approximate surface area is 131 Å². The van der Waals surface area contributed by atoms with Gasteiger partial charge in [-0.2, -0.15) is 4.98 Å². The molecule has 1 aliphatic carbocycles. The second-order valence-corrected chi connectivity index (χ2v) is 6.62. The molecule has 2 heterocycles. The van der Waals surface area contributed by atoms with Gasteiger partial charge in [-0.05, 0) is 44.6 Å².